The van der Waals surface area contributed by atoms with Crippen molar-refractivity contribution in [1.82, 2.24) is 9.14 Å². The number of nitrogens with one attached hydrogen (secondary N) is 1. The van der Waals surface area contributed by atoms with Crippen LogP contribution in [0.25, 0.3) is 0 Å². The molecule has 1 rings (SSSR count). The van der Waals surface area contributed by atoms with Crippen LogP contribution in [-0.2, 0) is 20.0 Å². The van der Waals surface area contributed by atoms with E-state index in [4.69, 9.17) is 5.84 Å². The zero-order chi connectivity index (χ0) is 23.9. The Hall–Kier alpha value is -1.00. The summed E-state index contributed by atoms with van der Waals surface area (Å²) < 4.78 is 50.4. The number of benzene rings is 1. The van der Waals surface area contributed by atoms with Gasteiger partial charge in [0.15, 0.2) is 0 Å². The van der Waals surface area contributed by atoms with E-state index in [-0.39, 0.29) is 9.79 Å². The van der Waals surface area contributed by atoms with Gasteiger partial charge < -0.3 is 0 Å². The Bertz CT molecular complexity index is 843. The van der Waals surface area contributed by atoms with Gasteiger partial charge in [-0.2, -0.15) is 4.83 Å². The molecule has 0 bridgehead atoms. The second-order valence-corrected chi connectivity index (χ2v) is 12.3. The lowest BCUT2D eigenvalue weighted by molar-refractivity contribution is 0.447. The third kappa shape index (κ3) is 10.7. The van der Waals surface area contributed by atoms with Gasteiger partial charge in [0.05, 0.1) is 9.79 Å². The molecule has 0 amide bonds. The summed E-state index contributed by atoms with van der Waals surface area (Å²) in [5.41, 5.74) is 0. The Kier molecular flexibility index (Phi) is 14.3. The van der Waals surface area contributed by atoms with Gasteiger partial charge in [-0.25, -0.2) is 21.1 Å². The summed E-state index contributed by atoms with van der Waals surface area (Å²) in [6, 6.07) is 5.23. The lowest BCUT2D eigenvalue weighted by Crippen LogP contribution is -2.31. The van der Waals surface area contributed by atoms with E-state index in [0.29, 0.717) is 6.54 Å². The molecule has 0 atom stereocenters. The number of hydrogen-bond donors (Lipinski definition) is 2. The van der Waals surface area contributed by atoms with Crippen molar-refractivity contribution in [3.63, 3.8) is 0 Å². The zero-order valence-corrected chi connectivity index (χ0v) is 21.5. The third-order valence-electron chi connectivity index (χ3n) is 5.81. The molecule has 0 aromatic heterocycles. The van der Waals surface area contributed by atoms with Crippen LogP contribution >= 0.6 is 0 Å². The van der Waals surface area contributed by atoms with Crippen molar-refractivity contribution in [1.29, 1.82) is 0 Å². The molecule has 0 unspecified atom stereocenters. The van der Waals surface area contributed by atoms with Gasteiger partial charge >= 0.3 is 0 Å². The van der Waals surface area contributed by atoms with Crippen LogP contribution < -0.4 is 10.7 Å². The van der Waals surface area contributed by atoms with E-state index in [9.17, 15) is 16.8 Å². The van der Waals surface area contributed by atoms with Gasteiger partial charge in [0.2, 0.25) is 10.0 Å². The zero-order valence-electron chi connectivity index (χ0n) is 19.9. The Labute approximate surface area is 196 Å². The van der Waals surface area contributed by atoms with Gasteiger partial charge in [-0.1, -0.05) is 96.5 Å². The molecule has 0 saturated heterocycles. The van der Waals surface area contributed by atoms with E-state index < -0.39 is 20.0 Å². The SMILES string of the molecule is CCCCCCCCCCCCCCCCN(C)S(=O)(=O)c1cccc(S(=O)(=O)NN)c1. The predicted molar refractivity (Wildman–Crippen MR) is 131 cm³/mol. The normalized spacial score (nSPS) is 12.5. The summed E-state index contributed by atoms with van der Waals surface area (Å²) in [5, 5.41) is 0. The molecule has 0 aliphatic rings. The van der Waals surface area contributed by atoms with Gasteiger partial charge in [-0.05, 0) is 24.6 Å². The van der Waals surface area contributed by atoms with E-state index in [1.54, 1.807) is 4.83 Å². The minimum absolute atomic E-state index is 0.0540. The second kappa shape index (κ2) is 15.8. The van der Waals surface area contributed by atoms with Crippen molar-refractivity contribution < 1.29 is 16.8 Å². The number of hydrogen-bond acceptors (Lipinski definition) is 5. The Balaban J connectivity index is 2.22. The molecule has 0 aliphatic carbocycles. The van der Waals surface area contributed by atoms with Crippen LogP contribution in [0.15, 0.2) is 34.1 Å². The van der Waals surface area contributed by atoms with Crippen LogP contribution in [0, 0.1) is 0 Å². The first-order valence-electron chi connectivity index (χ1n) is 12.0. The molecule has 0 radical (unpaired) electrons. The summed E-state index contributed by atoms with van der Waals surface area (Å²) in [4.78, 5) is 1.48. The van der Waals surface area contributed by atoms with Crippen LogP contribution in [0.4, 0.5) is 0 Å². The minimum Gasteiger partial charge on any atom is -0.257 e. The highest BCUT2D eigenvalue weighted by Gasteiger charge is 2.22. The molecule has 0 aliphatic heterocycles. The van der Waals surface area contributed by atoms with Crippen LogP contribution in [0.2, 0.25) is 0 Å². The van der Waals surface area contributed by atoms with Crippen molar-refractivity contribution in [2.24, 2.45) is 5.84 Å². The fourth-order valence-electron chi connectivity index (χ4n) is 3.70. The molecule has 32 heavy (non-hydrogen) atoms. The van der Waals surface area contributed by atoms with Crippen molar-refractivity contribution >= 4 is 20.0 Å². The fraction of sp³-hybridized carbons (Fsp3) is 0.739. The summed E-state index contributed by atoms with van der Waals surface area (Å²) in [7, 11) is -6.12. The highest BCUT2D eigenvalue weighted by atomic mass is 32.2. The Morgan fingerprint density at radius 2 is 1.19 bits per heavy atom. The van der Waals surface area contributed by atoms with Crippen molar-refractivity contribution in [2.75, 3.05) is 13.6 Å². The first kappa shape index (κ1) is 29.0. The lowest BCUT2D eigenvalue weighted by Gasteiger charge is -2.17. The highest BCUT2D eigenvalue weighted by molar-refractivity contribution is 7.90. The van der Waals surface area contributed by atoms with Crippen LogP contribution in [0.1, 0.15) is 96.8 Å². The van der Waals surface area contributed by atoms with Gasteiger partial charge in [-0.3, -0.25) is 5.84 Å². The maximum atomic E-state index is 12.7. The number of rotatable bonds is 19. The fourth-order valence-corrected chi connectivity index (χ4v) is 5.71. The molecule has 0 saturated carbocycles. The summed E-state index contributed by atoms with van der Waals surface area (Å²) in [6.07, 6.45) is 17.5. The molecule has 7 nitrogen and oxygen atoms in total. The van der Waals surface area contributed by atoms with Gasteiger partial charge in [0.1, 0.15) is 0 Å². The monoisotopic (exact) mass is 489 g/mol. The molecule has 186 valence electrons. The first-order valence-corrected chi connectivity index (χ1v) is 15.0. The maximum absolute atomic E-state index is 12.7. The number of sulfonamides is 2. The van der Waals surface area contributed by atoms with E-state index in [0.717, 1.165) is 25.3 Å². The van der Waals surface area contributed by atoms with Crippen molar-refractivity contribution in [3.05, 3.63) is 24.3 Å². The molecule has 1 aromatic rings. The summed E-state index contributed by atoms with van der Waals surface area (Å²) in [5.74, 6) is 5.03. The summed E-state index contributed by atoms with van der Waals surface area (Å²) in [6.45, 7) is 2.66. The number of hydrazine groups is 1. The van der Waals surface area contributed by atoms with Crippen LogP contribution in [0.3, 0.4) is 0 Å². The molecule has 1 aromatic carbocycles. The molecular weight excluding hydrogens is 446 g/mol. The Morgan fingerprint density at radius 1 is 0.750 bits per heavy atom. The topological polar surface area (TPSA) is 110 Å². The standard InChI is InChI=1S/C23H43N3O4S2/c1-3-4-5-6-7-8-9-10-11-12-13-14-15-16-20-26(2)32(29,30)23-19-17-18-22(21-23)31(27,28)25-24/h17-19,21,25H,3-16,20,24H2,1-2H3. The second-order valence-electron chi connectivity index (χ2n) is 8.52. The predicted octanol–water partition coefficient (Wildman–Crippen LogP) is 4.94. The van der Waals surface area contributed by atoms with E-state index in [1.807, 2.05) is 0 Å². The quantitative estimate of drug-likeness (QED) is 0.162. The van der Waals surface area contributed by atoms with Crippen LogP contribution in [0.5, 0.6) is 0 Å². The van der Waals surface area contributed by atoms with Gasteiger partial charge in [-0.15, -0.1) is 0 Å². The van der Waals surface area contributed by atoms with E-state index in [2.05, 4.69) is 6.92 Å². The molecule has 0 heterocycles. The van der Waals surface area contributed by atoms with Gasteiger partial charge in [0.25, 0.3) is 10.0 Å². The highest BCUT2D eigenvalue weighted by Crippen LogP contribution is 2.19. The lowest BCUT2D eigenvalue weighted by atomic mass is 10.0. The number of nitrogens with two attached hydrogens (primary N) is 1. The largest absolute Gasteiger partial charge is 0.257 e. The molecule has 3 N–H and O–H groups in total. The maximum Gasteiger partial charge on any atom is 0.253 e. The van der Waals surface area contributed by atoms with Crippen molar-refractivity contribution in [2.45, 2.75) is 107 Å². The molecular formula is C23H43N3O4S2. The van der Waals surface area contributed by atoms with Crippen molar-refractivity contribution in [3.8, 4) is 0 Å². The minimum atomic E-state index is -3.90. The van der Waals surface area contributed by atoms with E-state index >= 15 is 0 Å². The first-order chi connectivity index (χ1) is 15.3. The average molecular weight is 490 g/mol. The third-order valence-corrected chi connectivity index (χ3v) is 8.84. The summed E-state index contributed by atoms with van der Waals surface area (Å²) >= 11 is 0. The smallest absolute Gasteiger partial charge is 0.253 e. The van der Waals surface area contributed by atoms with Crippen LogP contribution in [-0.4, -0.2) is 34.7 Å². The average Bonchev–Trinajstić information content (AvgIpc) is 2.79. The Morgan fingerprint density at radius 3 is 1.66 bits per heavy atom. The number of unbranched alkanes of at least 4 members (excludes halogenated alkanes) is 13. The van der Waals surface area contributed by atoms with E-state index in [1.165, 1.54) is 100 Å². The molecule has 0 fully saturated rings. The molecule has 0 spiro atoms. The van der Waals surface area contributed by atoms with Gasteiger partial charge in [0, 0.05) is 13.6 Å². The number of nitrogens with zero attached hydrogens (tertiary/aromatic N) is 1. The molecule has 9 heteroatoms.